The summed E-state index contributed by atoms with van der Waals surface area (Å²) in [4.78, 5) is 38.6. The summed E-state index contributed by atoms with van der Waals surface area (Å²) in [6, 6.07) is -0.983. The summed E-state index contributed by atoms with van der Waals surface area (Å²) in [5, 5.41) is 2.82. The van der Waals surface area contributed by atoms with Crippen molar-refractivity contribution in [2.75, 3.05) is 13.2 Å². The molecule has 1 N–H and O–H groups in total. The molecule has 0 rings (SSSR count). The standard InChI is InChI=1S/C48H93NO5/c1-6-7-8-9-10-11-12-13-14-15-16-17-24-29-34-39-46(50)49-45(48(52)54-41-36-31-26-21-19-23-28-33-38-44(4)5)42-47(51)53-40-35-30-25-20-18-22-27-32-37-43(2)3/h43-45H,6-42H2,1-5H3,(H,49,50)/t45-/m0/s1. The van der Waals surface area contributed by atoms with E-state index < -0.39 is 18.0 Å². The molecule has 0 unspecified atom stereocenters. The van der Waals surface area contributed by atoms with E-state index in [9.17, 15) is 14.4 Å². The Morgan fingerprint density at radius 3 is 1.15 bits per heavy atom. The van der Waals surface area contributed by atoms with Gasteiger partial charge in [-0.2, -0.15) is 0 Å². The van der Waals surface area contributed by atoms with Crippen LogP contribution in [0.1, 0.15) is 259 Å². The fourth-order valence-electron chi connectivity index (χ4n) is 7.23. The number of carbonyl (C=O) groups excluding carboxylic acids is 3. The minimum Gasteiger partial charge on any atom is -0.466 e. The average Bonchev–Trinajstić information content (AvgIpc) is 3.13. The number of esters is 2. The Labute approximate surface area is 336 Å². The van der Waals surface area contributed by atoms with Crippen LogP contribution in [0.15, 0.2) is 0 Å². The lowest BCUT2D eigenvalue weighted by molar-refractivity contribution is -0.154. The van der Waals surface area contributed by atoms with E-state index in [1.807, 2.05) is 0 Å². The number of rotatable bonds is 42. The highest BCUT2D eigenvalue weighted by Crippen LogP contribution is 2.16. The van der Waals surface area contributed by atoms with Crippen molar-refractivity contribution in [1.82, 2.24) is 5.32 Å². The Bertz CT molecular complexity index is 828. The minimum absolute atomic E-state index is 0.170. The first-order valence-corrected chi connectivity index (χ1v) is 23.9. The largest absolute Gasteiger partial charge is 0.466 e. The predicted octanol–water partition coefficient (Wildman–Crippen LogP) is 14.5. The molecule has 0 fully saturated rings. The summed E-state index contributed by atoms with van der Waals surface area (Å²) >= 11 is 0. The van der Waals surface area contributed by atoms with Crippen molar-refractivity contribution in [2.24, 2.45) is 11.8 Å². The van der Waals surface area contributed by atoms with E-state index in [2.05, 4.69) is 39.9 Å². The first kappa shape index (κ1) is 52.4. The molecule has 6 heteroatoms. The van der Waals surface area contributed by atoms with Crippen LogP contribution >= 0.6 is 0 Å². The van der Waals surface area contributed by atoms with Crippen LogP contribution in [-0.4, -0.2) is 37.1 Å². The average molecular weight is 764 g/mol. The van der Waals surface area contributed by atoms with Crippen molar-refractivity contribution in [3.63, 3.8) is 0 Å². The van der Waals surface area contributed by atoms with Crippen LogP contribution in [0.2, 0.25) is 0 Å². The Morgan fingerprint density at radius 1 is 0.426 bits per heavy atom. The number of carbonyl (C=O) groups is 3. The summed E-state index contributed by atoms with van der Waals surface area (Å²) in [7, 11) is 0. The van der Waals surface area contributed by atoms with Gasteiger partial charge in [-0.25, -0.2) is 4.79 Å². The van der Waals surface area contributed by atoms with Crippen molar-refractivity contribution in [2.45, 2.75) is 265 Å². The van der Waals surface area contributed by atoms with Crippen molar-refractivity contribution < 1.29 is 23.9 Å². The van der Waals surface area contributed by atoms with Gasteiger partial charge in [0, 0.05) is 6.42 Å². The maximum Gasteiger partial charge on any atom is 0.329 e. The lowest BCUT2D eigenvalue weighted by atomic mass is 10.0. The van der Waals surface area contributed by atoms with Crippen molar-refractivity contribution in [3.8, 4) is 0 Å². The molecular weight excluding hydrogens is 671 g/mol. The zero-order chi connectivity index (χ0) is 39.7. The number of hydrogen-bond acceptors (Lipinski definition) is 5. The van der Waals surface area contributed by atoms with Gasteiger partial charge in [-0.15, -0.1) is 0 Å². The van der Waals surface area contributed by atoms with Gasteiger partial charge in [0.2, 0.25) is 5.91 Å². The van der Waals surface area contributed by atoms with Gasteiger partial charge in [-0.3, -0.25) is 9.59 Å². The maximum absolute atomic E-state index is 13.0. The molecule has 0 aliphatic heterocycles. The lowest BCUT2D eigenvalue weighted by Crippen LogP contribution is -2.43. The van der Waals surface area contributed by atoms with E-state index in [0.29, 0.717) is 19.6 Å². The van der Waals surface area contributed by atoms with Gasteiger partial charge in [0.25, 0.3) is 0 Å². The van der Waals surface area contributed by atoms with Gasteiger partial charge in [0.15, 0.2) is 0 Å². The molecule has 0 aromatic carbocycles. The molecule has 0 spiro atoms. The highest BCUT2D eigenvalue weighted by molar-refractivity contribution is 5.88. The molecule has 0 bridgehead atoms. The summed E-state index contributed by atoms with van der Waals surface area (Å²) in [6.07, 6.45) is 40.9. The van der Waals surface area contributed by atoms with Crippen LogP contribution in [0.25, 0.3) is 0 Å². The summed E-state index contributed by atoms with van der Waals surface area (Å²) in [5.74, 6) is 0.450. The van der Waals surface area contributed by atoms with Gasteiger partial charge >= 0.3 is 11.9 Å². The SMILES string of the molecule is CCCCCCCCCCCCCCCCCC(=O)N[C@@H](CC(=O)OCCCCCCCCCCC(C)C)C(=O)OCCCCCCCCCCC(C)C. The number of hydrogen-bond donors (Lipinski definition) is 1. The Morgan fingerprint density at radius 2 is 0.759 bits per heavy atom. The zero-order valence-corrected chi connectivity index (χ0v) is 36.9. The molecule has 0 aromatic heterocycles. The van der Waals surface area contributed by atoms with Crippen molar-refractivity contribution in [3.05, 3.63) is 0 Å². The van der Waals surface area contributed by atoms with Crippen LogP contribution in [0.5, 0.6) is 0 Å². The van der Waals surface area contributed by atoms with Gasteiger partial charge in [-0.05, 0) is 31.1 Å². The second-order valence-electron chi connectivity index (χ2n) is 17.4. The molecule has 0 radical (unpaired) electrons. The van der Waals surface area contributed by atoms with E-state index in [1.54, 1.807) is 0 Å². The highest BCUT2D eigenvalue weighted by atomic mass is 16.5. The van der Waals surface area contributed by atoms with Gasteiger partial charge in [0.1, 0.15) is 6.04 Å². The number of amides is 1. The van der Waals surface area contributed by atoms with Crippen LogP contribution in [0.4, 0.5) is 0 Å². The normalized spacial score (nSPS) is 12.1. The minimum atomic E-state index is -0.983. The third-order valence-corrected chi connectivity index (χ3v) is 10.9. The first-order valence-electron chi connectivity index (χ1n) is 23.9. The van der Waals surface area contributed by atoms with Crippen LogP contribution < -0.4 is 5.32 Å². The summed E-state index contributed by atoms with van der Waals surface area (Å²) in [6.45, 7) is 12.1. The molecule has 0 aliphatic rings. The molecule has 0 saturated carbocycles. The number of ether oxygens (including phenoxy) is 2. The molecule has 54 heavy (non-hydrogen) atoms. The molecular formula is C48H93NO5. The van der Waals surface area contributed by atoms with Crippen LogP contribution in [0.3, 0.4) is 0 Å². The molecule has 0 aromatic rings. The topological polar surface area (TPSA) is 81.7 Å². The fraction of sp³-hybridized carbons (Fsp3) is 0.938. The fourth-order valence-corrected chi connectivity index (χ4v) is 7.23. The molecule has 320 valence electrons. The van der Waals surface area contributed by atoms with Gasteiger partial charge in [-0.1, -0.05) is 227 Å². The Kier molecular flexibility index (Phi) is 39.8. The summed E-state index contributed by atoms with van der Waals surface area (Å²) in [5.41, 5.74) is 0. The van der Waals surface area contributed by atoms with Crippen molar-refractivity contribution in [1.29, 1.82) is 0 Å². The quantitative estimate of drug-likeness (QED) is 0.0494. The molecule has 1 amide bonds. The first-order chi connectivity index (χ1) is 26.3. The van der Waals surface area contributed by atoms with Gasteiger partial charge < -0.3 is 14.8 Å². The van der Waals surface area contributed by atoms with E-state index in [-0.39, 0.29) is 12.3 Å². The Hall–Kier alpha value is -1.59. The van der Waals surface area contributed by atoms with E-state index in [4.69, 9.17) is 9.47 Å². The van der Waals surface area contributed by atoms with E-state index in [1.165, 1.54) is 154 Å². The third kappa shape index (κ3) is 40.1. The van der Waals surface area contributed by atoms with E-state index in [0.717, 1.165) is 69.6 Å². The molecule has 0 saturated heterocycles. The third-order valence-electron chi connectivity index (χ3n) is 10.9. The molecule has 0 heterocycles. The second-order valence-corrected chi connectivity index (χ2v) is 17.4. The predicted molar refractivity (Wildman–Crippen MR) is 231 cm³/mol. The Balaban J connectivity index is 4.34. The van der Waals surface area contributed by atoms with E-state index >= 15 is 0 Å². The van der Waals surface area contributed by atoms with Crippen LogP contribution in [0, 0.1) is 11.8 Å². The van der Waals surface area contributed by atoms with Gasteiger partial charge in [0.05, 0.1) is 19.6 Å². The zero-order valence-electron chi connectivity index (χ0n) is 36.9. The number of nitrogens with one attached hydrogen (secondary N) is 1. The van der Waals surface area contributed by atoms with Crippen LogP contribution in [-0.2, 0) is 23.9 Å². The number of unbranched alkanes of at least 4 members (excludes halogenated alkanes) is 28. The summed E-state index contributed by atoms with van der Waals surface area (Å²) < 4.78 is 11.1. The molecule has 0 aliphatic carbocycles. The van der Waals surface area contributed by atoms with Crippen molar-refractivity contribution >= 4 is 17.8 Å². The monoisotopic (exact) mass is 764 g/mol. The smallest absolute Gasteiger partial charge is 0.329 e. The lowest BCUT2D eigenvalue weighted by Gasteiger charge is -2.17. The highest BCUT2D eigenvalue weighted by Gasteiger charge is 2.26. The maximum atomic E-state index is 13.0. The molecule has 6 nitrogen and oxygen atoms in total. The molecule has 1 atom stereocenters. The second kappa shape index (κ2) is 41.1.